The topological polar surface area (TPSA) is 124 Å². The predicted molar refractivity (Wildman–Crippen MR) is 84.8 cm³/mol. The van der Waals surface area contributed by atoms with Crippen molar-refractivity contribution in [2.45, 2.75) is 38.0 Å². The van der Waals surface area contributed by atoms with E-state index in [4.69, 9.17) is 16.3 Å². The number of likely N-dealkylation sites (tertiary alicyclic amines) is 1. The molecule has 25 heavy (non-hydrogen) atoms. The number of cyclic esters (lactones) is 1. The number of halogens is 1. The lowest BCUT2D eigenvalue weighted by atomic mass is 9.95. The average molecular weight is 370 g/mol. The monoisotopic (exact) mass is 369 g/mol. The number of rotatable bonds is 2. The van der Waals surface area contributed by atoms with E-state index in [0.717, 1.165) is 4.90 Å². The number of benzene rings is 1. The number of phenols is 1. The summed E-state index contributed by atoms with van der Waals surface area (Å²) in [5.41, 5.74) is -0.0909. The first-order valence-electron chi connectivity index (χ1n) is 7.67. The van der Waals surface area contributed by atoms with E-state index in [1.807, 2.05) is 0 Å². The first-order valence-corrected chi connectivity index (χ1v) is 8.05. The summed E-state index contributed by atoms with van der Waals surface area (Å²) in [6.45, 7) is 1.49. The van der Waals surface area contributed by atoms with E-state index in [0.29, 0.717) is 12.0 Å². The van der Waals surface area contributed by atoms with Crippen LogP contribution in [0.1, 0.15) is 39.6 Å². The molecular weight excluding hydrogens is 354 g/mol. The number of fused-ring (bicyclic) bond motifs is 1. The van der Waals surface area contributed by atoms with Crippen molar-refractivity contribution in [1.82, 2.24) is 4.90 Å². The molecule has 3 rings (SSSR count). The zero-order chi connectivity index (χ0) is 18.5. The molecule has 134 valence electrons. The van der Waals surface area contributed by atoms with Crippen LogP contribution in [-0.2, 0) is 16.0 Å². The van der Waals surface area contributed by atoms with Crippen LogP contribution in [-0.4, -0.2) is 62.9 Å². The van der Waals surface area contributed by atoms with Gasteiger partial charge >= 0.3 is 11.9 Å². The van der Waals surface area contributed by atoms with E-state index in [1.54, 1.807) is 6.92 Å². The van der Waals surface area contributed by atoms with Crippen molar-refractivity contribution in [3.05, 3.63) is 27.8 Å². The summed E-state index contributed by atoms with van der Waals surface area (Å²) in [5, 5.41) is 29.4. The number of β-amino-alcohol motifs (C(OH)–C–C–N with tert-alkyl or cyclic N) is 1. The summed E-state index contributed by atoms with van der Waals surface area (Å²) in [6.07, 6.45) is -1.21. The van der Waals surface area contributed by atoms with Crippen molar-refractivity contribution in [3.8, 4) is 5.75 Å². The van der Waals surface area contributed by atoms with Crippen LogP contribution in [0.2, 0.25) is 5.02 Å². The zero-order valence-corrected chi connectivity index (χ0v) is 14.0. The molecule has 0 radical (unpaired) electrons. The minimum atomic E-state index is -1.26. The molecule has 0 aliphatic carbocycles. The summed E-state index contributed by atoms with van der Waals surface area (Å²) in [5.74, 6) is -3.47. The molecule has 1 amide bonds. The number of carbonyl (C=O) groups is 3. The highest BCUT2D eigenvalue weighted by Crippen LogP contribution is 2.37. The third-order valence-electron chi connectivity index (χ3n) is 4.41. The number of hydrogen-bond donors (Lipinski definition) is 3. The summed E-state index contributed by atoms with van der Waals surface area (Å²) in [6, 6.07) is -0.00355. The number of nitrogens with zero attached hydrogens (tertiary/aromatic N) is 1. The van der Waals surface area contributed by atoms with Gasteiger partial charge in [0.15, 0.2) is 0 Å². The fraction of sp³-hybridized carbons (Fsp3) is 0.438. The smallest absolute Gasteiger partial charge is 0.342 e. The predicted octanol–water partition coefficient (Wildman–Crippen LogP) is 0.807. The minimum Gasteiger partial charge on any atom is -0.506 e. The zero-order valence-electron chi connectivity index (χ0n) is 13.2. The second-order valence-electron chi connectivity index (χ2n) is 6.23. The van der Waals surface area contributed by atoms with E-state index in [1.165, 1.54) is 6.07 Å². The maximum absolute atomic E-state index is 12.7. The molecule has 0 saturated carbocycles. The van der Waals surface area contributed by atoms with Crippen LogP contribution < -0.4 is 0 Å². The highest BCUT2D eigenvalue weighted by Gasteiger charge is 2.41. The first kappa shape index (κ1) is 17.5. The number of aliphatic hydroxyl groups excluding tert-OH is 1. The first-order chi connectivity index (χ1) is 11.7. The fourth-order valence-electron chi connectivity index (χ4n) is 3.26. The molecule has 8 nitrogen and oxygen atoms in total. The quantitative estimate of drug-likeness (QED) is 0.659. The summed E-state index contributed by atoms with van der Waals surface area (Å²) < 4.78 is 5.07. The Kier molecular flexibility index (Phi) is 4.34. The normalized spacial score (nSPS) is 25.5. The van der Waals surface area contributed by atoms with E-state index in [9.17, 15) is 29.7 Å². The largest absolute Gasteiger partial charge is 0.506 e. The lowest BCUT2D eigenvalue weighted by molar-refractivity contribution is -0.141. The molecule has 1 aromatic rings. The Balaban J connectivity index is 2.05. The van der Waals surface area contributed by atoms with Gasteiger partial charge in [0, 0.05) is 24.4 Å². The van der Waals surface area contributed by atoms with Crippen molar-refractivity contribution < 1.29 is 34.4 Å². The SMILES string of the molecule is CC1Cc2c(Cl)cc(C(=O)N3CC(O)CC3C(=O)O)c(O)c2C(=O)O1. The van der Waals surface area contributed by atoms with Crippen molar-refractivity contribution in [2.75, 3.05) is 6.54 Å². The molecule has 0 spiro atoms. The maximum atomic E-state index is 12.7. The molecule has 3 atom stereocenters. The van der Waals surface area contributed by atoms with Crippen molar-refractivity contribution >= 4 is 29.4 Å². The molecule has 3 unspecified atom stereocenters. The Morgan fingerprint density at radius 3 is 2.72 bits per heavy atom. The van der Waals surface area contributed by atoms with Gasteiger partial charge in [-0.25, -0.2) is 9.59 Å². The summed E-state index contributed by atoms with van der Waals surface area (Å²) in [4.78, 5) is 37.1. The minimum absolute atomic E-state index is 0.111. The number of ether oxygens (including phenoxy) is 1. The average Bonchev–Trinajstić information content (AvgIpc) is 2.91. The molecule has 3 N–H and O–H groups in total. The molecule has 1 saturated heterocycles. The van der Waals surface area contributed by atoms with Gasteiger partial charge in [0.25, 0.3) is 5.91 Å². The molecule has 2 aliphatic rings. The van der Waals surface area contributed by atoms with Crippen molar-refractivity contribution in [3.63, 3.8) is 0 Å². The number of amides is 1. The highest BCUT2D eigenvalue weighted by atomic mass is 35.5. The number of carbonyl (C=O) groups excluding carboxylic acids is 2. The standard InChI is InChI=1S/C16H16ClNO7/c1-6-2-8-10(17)4-9(13(20)12(8)16(24)25-6)14(21)18-5-7(19)3-11(18)15(22)23/h4,6-7,11,19-20H,2-3,5H2,1H3,(H,22,23). The molecule has 1 aromatic carbocycles. The summed E-state index contributed by atoms with van der Waals surface area (Å²) >= 11 is 6.17. The molecule has 2 aliphatic heterocycles. The number of phenolic OH excluding ortho intramolecular Hbond substituents is 1. The van der Waals surface area contributed by atoms with Gasteiger partial charge < -0.3 is 25.0 Å². The van der Waals surface area contributed by atoms with Crippen molar-refractivity contribution in [2.24, 2.45) is 0 Å². The number of aliphatic hydroxyl groups is 1. The summed E-state index contributed by atoms with van der Waals surface area (Å²) in [7, 11) is 0. The lowest BCUT2D eigenvalue weighted by Gasteiger charge is -2.26. The Morgan fingerprint density at radius 1 is 1.40 bits per heavy atom. The fourth-order valence-corrected chi connectivity index (χ4v) is 3.54. The van der Waals surface area contributed by atoms with Gasteiger partial charge in [0.2, 0.25) is 0 Å². The molecule has 1 fully saturated rings. The number of aliphatic carboxylic acids is 1. The number of hydrogen-bond acceptors (Lipinski definition) is 6. The van der Waals surface area contributed by atoms with Crippen LogP contribution in [0.25, 0.3) is 0 Å². The molecule has 2 heterocycles. The van der Waals surface area contributed by atoms with Crippen LogP contribution in [0.5, 0.6) is 5.75 Å². The van der Waals surface area contributed by atoms with Gasteiger partial charge in [-0.2, -0.15) is 0 Å². The maximum Gasteiger partial charge on any atom is 0.342 e. The van der Waals surface area contributed by atoms with Gasteiger partial charge in [-0.3, -0.25) is 4.79 Å². The number of carboxylic acid groups (broad SMARTS) is 1. The lowest BCUT2D eigenvalue weighted by Crippen LogP contribution is -2.40. The van der Waals surface area contributed by atoms with Crippen LogP contribution in [0, 0.1) is 0 Å². The van der Waals surface area contributed by atoms with Crippen LogP contribution in [0.4, 0.5) is 0 Å². The number of aromatic hydroxyl groups is 1. The molecule has 9 heteroatoms. The highest BCUT2D eigenvalue weighted by molar-refractivity contribution is 6.32. The molecule has 0 aromatic heterocycles. The molecule has 0 bridgehead atoms. The molecular formula is C16H16ClNO7. The van der Waals surface area contributed by atoms with Gasteiger partial charge in [-0.1, -0.05) is 11.6 Å². The van der Waals surface area contributed by atoms with Gasteiger partial charge in [-0.05, 0) is 18.6 Å². The van der Waals surface area contributed by atoms with Crippen molar-refractivity contribution in [1.29, 1.82) is 0 Å². The Morgan fingerprint density at radius 2 is 2.08 bits per heavy atom. The van der Waals surface area contributed by atoms with Gasteiger partial charge in [0.05, 0.1) is 11.7 Å². The van der Waals surface area contributed by atoms with Gasteiger partial charge in [-0.15, -0.1) is 0 Å². The third-order valence-corrected chi connectivity index (χ3v) is 4.75. The second kappa shape index (κ2) is 6.20. The Bertz CT molecular complexity index is 778. The van der Waals surface area contributed by atoms with Crippen LogP contribution >= 0.6 is 11.6 Å². The van der Waals surface area contributed by atoms with E-state index in [2.05, 4.69) is 0 Å². The van der Waals surface area contributed by atoms with Crippen LogP contribution in [0.3, 0.4) is 0 Å². The number of esters is 1. The Hall–Kier alpha value is -2.32. The number of carboxylic acids is 1. The van der Waals surface area contributed by atoms with E-state index >= 15 is 0 Å². The van der Waals surface area contributed by atoms with E-state index < -0.39 is 41.8 Å². The van der Waals surface area contributed by atoms with Gasteiger partial charge in [0.1, 0.15) is 23.5 Å². The van der Waals surface area contributed by atoms with Crippen LogP contribution in [0.15, 0.2) is 6.07 Å². The van der Waals surface area contributed by atoms with E-state index in [-0.39, 0.29) is 29.1 Å². The Labute approximate surface area is 147 Å². The second-order valence-corrected chi connectivity index (χ2v) is 6.64. The third kappa shape index (κ3) is 2.91.